The predicted octanol–water partition coefficient (Wildman–Crippen LogP) is 5.23. The van der Waals surface area contributed by atoms with Gasteiger partial charge >= 0.3 is 0 Å². The number of thiophene rings is 1. The lowest BCUT2D eigenvalue weighted by atomic mass is 9.72. The van der Waals surface area contributed by atoms with Crippen LogP contribution in [0.4, 0.5) is 5.00 Å². The first kappa shape index (κ1) is 19.6. The number of carbonyl (C=O) groups is 1. The third-order valence-corrected chi connectivity index (χ3v) is 7.51. The van der Waals surface area contributed by atoms with Crippen LogP contribution in [0.3, 0.4) is 0 Å². The van der Waals surface area contributed by atoms with Gasteiger partial charge in [-0.2, -0.15) is 0 Å². The highest BCUT2D eigenvalue weighted by Crippen LogP contribution is 2.47. The number of phenols is 1. The molecule has 3 N–H and O–H groups in total. The fourth-order valence-electron chi connectivity index (χ4n) is 4.16. The van der Waals surface area contributed by atoms with Crippen LogP contribution in [0.1, 0.15) is 59.7 Å². The lowest BCUT2D eigenvalue weighted by molar-refractivity contribution is 0.0934. The van der Waals surface area contributed by atoms with Crippen molar-refractivity contribution in [3.8, 4) is 11.5 Å². The van der Waals surface area contributed by atoms with E-state index in [1.54, 1.807) is 23.5 Å². The zero-order chi connectivity index (χ0) is 20.2. The van der Waals surface area contributed by atoms with Gasteiger partial charge < -0.3 is 20.5 Å². The fraction of sp³-hybridized carbons (Fsp3) is 0.476. The van der Waals surface area contributed by atoms with Crippen molar-refractivity contribution in [3.63, 3.8) is 0 Å². The largest absolute Gasteiger partial charge is 0.504 e. The summed E-state index contributed by atoms with van der Waals surface area (Å²) in [6.45, 7) is 6.88. The van der Waals surface area contributed by atoms with Gasteiger partial charge in [-0.05, 0) is 48.3 Å². The molecule has 2 heterocycles. The summed E-state index contributed by atoms with van der Waals surface area (Å²) < 4.78 is 6.02. The molecule has 2 aromatic rings. The molecule has 1 aliphatic heterocycles. The summed E-state index contributed by atoms with van der Waals surface area (Å²) in [5, 5.41) is 17.9. The van der Waals surface area contributed by atoms with Gasteiger partial charge in [0.2, 0.25) is 0 Å². The van der Waals surface area contributed by atoms with Crippen LogP contribution in [-0.2, 0) is 12.8 Å². The summed E-state index contributed by atoms with van der Waals surface area (Å²) in [6, 6.07) is 3.50. The quantitative estimate of drug-likeness (QED) is 0.568. The number of carbonyl (C=O) groups excluding carboxylic acids is 1. The average molecular weight is 465 g/mol. The number of anilines is 1. The number of amides is 1. The maximum absolute atomic E-state index is 13.0. The number of phenolic OH excluding ortho intramolecular Hbond substituents is 1. The summed E-state index contributed by atoms with van der Waals surface area (Å²) in [5.74, 6) is 0.937. The van der Waals surface area contributed by atoms with Crippen molar-refractivity contribution in [1.82, 2.24) is 5.32 Å². The molecule has 2 aliphatic rings. The first-order valence-electron chi connectivity index (χ1n) is 9.47. The third-order valence-electron chi connectivity index (χ3n) is 5.87. The van der Waals surface area contributed by atoms with Crippen molar-refractivity contribution in [2.24, 2.45) is 11.3 Å². The number of rotatable bonds is 2. The third kappa shape index (κ3) is 3.28. The lowest BCUT2D eigenvalue weighted by Crippen LogP contribution is -2.38. The predicted molar refractivity (Wildman–Crippen MR) is 115 cm³/mol. The molecule has 150 valence electrons. The maximum Gasteiger partial charge on any atom is 0.256 e. The van der Waals surface area contributed by atoms with Gasteiger partial charge in [0.15, 0.2) is 11.5 Å². The van der Waals surface area contributed by atoms with Gasteiger partial charge in [-0.25, -0.2) is 0 Å². The number of halogens is 1. The van der Waals surface area contributed by atoms with E-state index in [0.717, 1.165) is 34.3 Å². The lowest BCUT2D eigenvalue weighted by Gasteiger charge is -2.34. The van der Waals surface area contributed by atoms with Gasteiger partial charge in [-0.15, -0.1) is 11.3 Å². The molecule has 7 heteroatoms. The fourth-order valence-corrected chi connectivity index (χ4v) is 5.97. The van der Waals surface area contributed by atoms with Gasteiger partial charge in [0.05, 0.1) is 12.7 Å². The van der Waals surface area contributed by atoms with Crippen LogP contribution in [0.2, 0.25) is 0 Å². The van der Waals surface area contributed by atoms with Gasteiger partial charge in [0, 0.05) is 14.9 Å². The highest BCUT2D eigenvalue weighted by atomic mass is 79.9. The van der Waals surface area contributed by atoms with E-state index in [1.807, 2.05) is 0 Å². The topological polar surface area (TPSA) is 70.6 Å². The van der Waals surface area contributed by atoms with Crippen molar-refractivity contribution < 1.29 is 14.6 Å². The summed E-state index contributed by atoms with van der Waals surface area (Å²) in [7, 11) is 1.51. The van der Waals surface area contributed by atoms with Crippen LogP contribution in [0.25, 0.3) is 0 Å². The molecule has 4 rings (SSSR count). The van der Waals surface area contributed by atoms with Crippen molar-refractivity contribution >= 4 is 38.2 Å². The summed E-state index contributed by atoms with van der Waals surface area (Å²) >= 11 is 5.13. The molecule has 0 saturated carbocycles. The second-order valence-electron chi connectivity index (χ2n) is 8.61. The SMILES string of the molecule is COc1cc(Br)cc([C@H]2NC(=O)c3c(sc4c3CC[C@H](C(C)(C)C)C4)N2)c1O. The first-order valence-corrected chi connectivity index (χ1v) is 11.1. The van der Waals surface area contributed by atoms with Crippen molar-refractivity contribution in [2.45, 2.75) is 46.2 Å². The van der Waals surface area contributed by atoms with E-state index in [-0.39, 0.29) is 17.1 Å². The van der Waals surface area contributed by atoms with Gasteiger partial charge in [-0.1, -0.05) is 36.7 Å². The minimum Gasteiger partial charge on any atom is -0.504 e. The van der Waals surface area contributed by atoms with E-state index >= 15 is 0 Å². The molecule has 2 atom stereocenters. The Kier molecular flexibility index (Phi) is 4.86. The van der Waals surface area contributed by atoms with E-state index < -0.39 is 6.17 Å². The smallest absolute Gasteiger partial charge is 0.256 e. The normalized spacial score (nSPS) is 21.4. The Labute approximate surface area is 177 Å². The molecule has 28 heavy (non-hydrogen) atoms. The first-order chi connectivity index (χ1) is 13.2. The number of hydrogen-bond acceptors (Lipinski definition) is 5. The van der Waals surface area contributed by atoms with Crippen LogP contribution in [0.15, 0.2) is 16.6 Å². The van der Waals surface area contributed by atoms with E-state index in [9.17, 15) is 9.90 Å². The molecule has 1 aromatic heterocycles. The molecule has 1 aliphatic carbocycles. The Balaban J connectivity index is 1.69. The Morgan fingerprint density at radius 3 is 2.71 bits per heavy atom. The number of ether oxygens (including phenoxy) is 1. The minimum absolute atomic E-state index is 0.0288. The second kappa shape index (κ2) is 6.95. The molecular weight excluding hydrogens is 440 g/mol. The summed E-state index contributed by atoms with van der Waals surface area (Å²) in [4.78, 5) is 14.3. The Bertz CT molecular complexity index is 948. The van der Waals surface area contributed by atoms with Crippen molar-refractivity contribution in [1.29, 1.82) is 0 Å². The van der Waals surface area contributed by atoms with Gasteiger partial charge in [0.1, 0.15) is 11.2 Å². The number of benzene rings is 1. The van der Waals surface area contributed by atoms with E-state index in [2.05, 4.69) is 47.3 Å². The molecule has 0 spiro atoms. The zero-order valence-electron chi connectivity index (χ0n) is 16.5. The molecule has 0 bridgehead atoms. The number of nitrogens with one attached hydrogen (secondary N) is 2. The molecule has 1 aromatic carbocycles. The Morgan fingerprint density at radius 2 is 2.04 bits per heavy atom. The van der Waals surface area contributed by atoms with Gasteiger partial charge in [-0.3, -0.25) is 4.79 Å². The van der Waals surface area contributed by atoms with Crippen LogP contribution >= 0.6 is 27.3 Å². The summed E-state index contributed by atoms with van der Waals surface area (Å²) in [5.41, 5.74) is 2.81. The number of fused-ring (bicyclic) bond motifs is 3. The molecule has 0 fully saturated rings. The number of hydrogen-bond donors (Lipinski definition) is 3. The van der Waals surface area contributed by atoms with Crippen molar-refractivity contribution in [3.05, 3.63) is 38.2 Å². The number of aromatic hydroxyl groups is 1. The van der Waals surface area contributed by atoms with E-state index in [1.165, 1.54) is 17.6 Å². The second-order valence-corrected chi connectivity index (χ2v) is 10.6. The molecule has 0 unspecified atom stereocenters. The standard InChI is InChI=1S/C21H25BrN2O3S/c1-21(2,3)10-5-6-12-15(7-10)28-20-16(12)19(26)23-18(24-20)13-8-11(22)9-14(27-4)17(13)25/h8-10,18,24-25H,5-7H2,1-4H3,(H,23,26)/t10-,18-/m0/s1. The molecule has 0 saturated heterocycles. The van der Waals surface area contributed by atoms with E-state index in [4.69, 9.17) is 4.74 Å². The molecule has 0 radical (unpaired) electrons. The highest BCUT2D eigenvalue weighted by Gasteiger charge is 2.37. The van der Waals surface area contributed by atoms with Crippen LogP contribution < -0.4 is 15.4 Å². The molecular formula is C21H25BrN2O3S. The molecule has 1 amide bonds. The maximum atomic E-state index is 13.0. The zero-order valence-corrected chi connectivity index (χ0v) is 18.9. The molecule has 5 nitrogen and oxygen atoms in total. The van der Waals surface area contributed by atoms with Crippen LogP contribution in [0, 0.1) is 11.3 Å². The average Bonchev–Trinajstić information content (AvgIpc) is 3.00. The highest BCUT2D eigenvalue weighted by molar-refractivity contribution is 9.10. The number of methoxy groups -OCH3 is 1. The Morgan fingerprint density at radius 1 is 1.29 bits per heavy atom. The van der Waals surface area contributed by atoms with Crippen LogP contribution in [0.5, 0.6) is 11.5 Å². The summed E-state index contributed by atoms with van der Waals surface area (Å²) in [6.07, 6.45) is 2.56. The van der Waals surface area contributed by atoms with Crippen LogP contribution in [-0.4, -0.2) is 18.1 Å². The monoisotopic (exact) mass is 464 g/mol. The Hall–Kier alpha value is -1.73. The van der Waals surface area contributed by atoms with Gasteiger partial charge in [0.25, 0.3) is 5.91 Å². The minimum atomic E-state index is -0.509. The van der Waals surface area contributed by atoms with Crippen molar-refractivity contribution in [2.75, 3.05) is 12.4 Å². The van der Waals surface area contributed by atoms with E-state index in [0.29, 0.717) is 17.2 Å².